The maximum Gasteiger partial charge on any atom is 0.475 e. The molecule has 0 N–H and O–H groups in total. The Hall–Kier alpha value is -0.220. The smallest absolute Gasteiger partial charge is 0.297 e. The SMILES string of the molecule is CCCCCCCCC(=O)COP(=O)(OCCCC)OCCCC. The number of carbonyl (C=O) groups is 1. The van der Waals surface area contributed by atoms with Gasteiger partial charge in [0, 0.05) is 6.42 Å². The molecule has 6 heteroatoms. The Bertz CT molecular complexity index is 332. The van der Waals surface area contributed by atoms with E-state index in [1.165, 1.54) is 25.7 Å². The van der Waals surface area contributed by atoms with Crippen molar-refractivity contribution in [2.75, 3.05) is 19.8 Å². The molecular weight excluding hydrogens is 327 g/mol. The molecule has 0 aliphatic rings. The summed E-state index contributed by atoms with van der Waals surface area (Å²) in [4.78, 5) is 11.9. The maximum atomic E-state index is 12.5. The van der Waals surface area contributed by atoms with Crippen molar-refractivity contribution in [3.63, 3.8) is 0 Å². The Labute approximate surface area is 148 Å². The van der Waals surface area contributed by atoms with E-state index in [1.54, 1.807) is 0 Å². The molecule has 0 amide bonds. The number of hydrogen-bond acceptors (Lipinski definition) is 5. The molecule has 0 aromatic carbocycles. The molecule has 5 nitrogen and oxygen atoms in total. The lowest BCUT2D eigenvalue weighted by molar-refractivity contribution is -0.121. The van der Waals surface area contributed by atoms with Crippen molar-refractivity contribution in [3.05, 3.63) is 0 Å². The Kier molecular flexibility index (Phi) is 16.1. The lowest BCUT2D eigenvalue weighted by atomic mass is 10.1. The molecule has 0 unspecified atom stereocenters. The zero-order valence-corrected chi connectivity index (χ0v) is 16.8. The van der Waals surface area contributed by atoms with Crippen LogP contribution in [-0.4, -0.2) is 25.6 Å². The van der Waals surface area contributed by atoms with Crippen LogP contribution in [0.4, 0.5) is 0 Å². The van der Waals surface area contributed by atoms with Gasteiger partial charge in [-0.15, -0.1) is 0 Å². The normalized spacial score (nSPS) is 11.8. The van der Waals surface area contributed by atoms with Gasteiger partial charge in [0.2, 0.25) is 0 Å². The number of hydrogen-bond donors (Lipinski definition) is 0. The van der Waals surface area contributed by atoms with Crippen LogP contribution in [0.3, 0.4) is 0 Å². The van der Waals surface area contributed by atoms with E-state index in [0.717, 1.165) is 38.5 Å². The van der Waals surface area contributed by atoms with E-state index in [-0.39, 0.29) is 12.4 Å². The Morgan fingerprint density at radius 1 is 0.708 bits per heavy atom. The van der Waals surface area contributed by atoms with Crippen LogP contribution in [0.25, 0.3) is 0 Å². The van der Waals surface area contributed by atoms with E-state index in [9.17, 15) is 9.36 Å². The van der Waals surface area contributed by atoms with Gasteiger partial charge in [-0.1, -0.05) is 65.7 Å². The van der Waals surface area contributed by atoms with Crippen molar-refractivity contribution in [1.29, 1.82) is 0 Å². The number of phosphoric ester groups is 1. The monoisotopic (exact) mass is 364 g/mol. The summed E-state index contributed by atoms with van der Waals surface area (Å²) in [5.74, 6) is -0.0381. The number of carbonyl (C=O) groups excluding carboxylic acids is 1. The van der Waals surface area contributed by atoms with Crippen LogP contribution < -0.4 is 0 Å². The molecule has 0 aromatic heterocycles. The van der Waals surface area contributed by atoms with Gasteiger partial charge in [0.05, 0.1) is 13.2 Å². The lowest BCUT2D eigenvalue weighted by Crippen LogP contribution is -2.10. The van der Waals surface area contributed by atoms with Crippen LogP contribution in [0, 0.1) is 0 Å². The van der Waals surface area contributed by atoms with Gasteiger partial charge in [0.25, 0.3) is 0 Å². The Morgan fingerprint density at radius 2 is 1.21 bits per heavy atom. The van der Waals surface area contributed by atoms with Gasteiger partial charge in [-0.05, 0) is 19.3 Å². The van der Waals surface area contributed by atoms with Crippen molar-refractivity contribution >= 4 is 13.6 Å². The second-order valence-corrected chi connectivity index (χ2v) is 7.82. The third-order valence-electron chi connectivity index (χ3n) is 3.69. The predicted octanol–water partition coefficient (Wildman–Crippen LogP) is 6.06. The quantitative estimate of drug-likeness (QED) is 0.218. The molecule has 24 heavy (non-hydrogen) atoms. The molecular formula is C18H37O5P. The number of Topliss-reactive ketones (excluding diaryl/α,β-unsaturated/α-hetero) is 1. The molecule has 144 valence electrons. The lowest BCUT2D eigenvalue weighted by Gasteiger charge is -2.17. The first-order valence-electron chi connectivity index (χ1n) is 9.63. The molecule has 0 aliphatic heterocycles. The molecule has 0 saturated heterocycles. The predicted molar refractivity (Wildman–Crippen MR) is 98.3 cm³/mol. The molecule has 0 aliphatic carbocycles. The molecule has 0 radical (unpaired) electrons. The minimum Gasteiger partial charge on any atom is -0.297 e. The highest BCUT2D eigenvalue weighted by molar-refractivity contribution is 7.48. The van der Waals surface area contributed by atoms with Crippen LogP contribution in [0.2, 0.25) is 0 Å². The zero-order chi connectivity index (χ0) is 18.1. The first kappa shape index (κ1) is 23.8. The molecule has 0 bridgehead atoms. The van der Waals surface area contributed by atoms with Gasteiger partial charge < -0.3 is 0 Å². The summed E-state index contributed by atoms with van der Waals surface area (Å²) in [5.41, 5.74) is 0. The Balaban J connectivity index is 4.04. The molecule has 0 aromatic rings. The number of rotatable bonds is 18. The average Bonchev–Trinajstić information content (AvgIpc) is 2.57. The minimum absolute atomic E-state index is 0.0381. The van der Waals surface area contributed by atoms with Crippen LogP contribution in [0.15, 0.2) is 0 Å². The van der Waals surface area contributed by atoms with Gasteiger partial charge >= 0.3 is 7.82 Å². The highest BCUT2D eigenvalue weighted by Crippen LogP contribution is 2.49. The molecule has 0 fully saturated rings. The molecule has 0 atom stereocenters. The van der Waals surface area contributed by atoms with Crippen LogP contribution in [0.1, 0.15) is 91.4 Å². The van der Waals surface area contributed by atoms with Crippen molar-refractivity contribution < 1.29 is 22.9 Å². The minimum atomic E-state index is -3.61. The number of phosphoric acid groups is 1. The molecule has 0 spiro atoms. The zero-order valence-electron chi connectivity index (χ0n) is 15.9. The fourth-order valence-corrected chi connectivity index (χ4v) is 3.31. The van der Waals surface area contributed by atoms with E-state index in [2.05, 4.69) is 6.92 Å². The summed E-state index contributed by atoms with van der Waals surface area (Å²) in [7, 11) is -3.61. The van der Waals surface area contributed by atoms with E-state index < -0.39 is 7.82 Å². The first-order chi connectivity index (χ1) is 11.6. The molecule has 0 saturated carbocycles. The van der Waals surface area contributed by atoms with Crippen LogP contribution in [-0.2, 0) is 22.9 Å². The van der Waals surface area contributed by atoms with Gasteiger partial charge in [0.1, 0.15) is 6.61 Å². The fourth-order valence-electron chi connectivity index (χ4n) is 2.08. The van der Waals surface area contributed by atoms with Gasteiger partial charge in [0.15, 0.2) is 5.78 Å². The van der Waals surface area contributed by atoms with Crippen molar-refractivity contribution in [1.82, 2.24) is 0 Å². The Morgan fingerprint density at radius 3 is 1.75 bits per heavy atom. The highest BCUT2D eigenvalue weighted by atomic mass is 31.2. The van der Waals surface area contributed by atoms with Gasteiger partial charge in [-0.25, -0.2) is 4.57 Å². The summed E-state index contributed by atoms with van der Waals surface area (Å²) >= 11 is 0. The standard InChI is InChI=1S/C18H37O5P/c1-4-7-10-11-12-13-14-18(19)17-23-24(20,21-15-8-5-2)22-16-9-6-3/h4-17H2,1-3H3. The third kappa shape index (κ3) is 14.2. The van der Waals surface area contributed by atoms with Crippen molar-refractivity contribution in [2.24, 2.45) is 0 Å². The molecule has 0 rings (SSSR count). The summed E-state index contributed by atoms with van der Waals surface area (Å²) < 4.78 is 28.3. The van der Waals surface area contributed by atoms with E-state index >= 15 is 0 Å². The second-order valence-electron chi connectivity index (χ2n) is 6.15. The molecule has 0 heterocycles. The van der Waals surface area contributed by atoms with Gasteiger partial charge in [-0.2, -0.15) is 0 Å². The van der Waals surface area contributed by atoms with E-state index in [0.29, 0.717) is 19.6 Å². The summed E-state index contributed by atoms with van der Waals surface area (Å²) in [5, 5.41) is 0. The van der Waals surface area contributed by atoms with Crippen LogP contribution >= 0.6 is 7.82 Å². The highest BCUT2D eigenvalue weighted by Gasteiger charge is 2.27. The van der Waals surface area contributed by atoms with E-state index in [1.807, 2.05) is 13.8 Å². The summed E-state index contributed by atoms with van der Waals surface area (Å²) in [6.07, 6.45) is 10.7. The van der Waals surface area contributed by atoms with E-state index in [4.69, 9.17) is 13.6 Å². The average molecular weight is 364 g/mol. The van der Waals surface area contributed by atoms with Crippen molar-refractivity contribution in [2.45, 2.75) is 91.4 Å². The van der Waals surface area contributed by atoms with Gasteiger partial charge in [-0.3, -0.25) is 18.4 Å². The topological polar surface area (TPSA) is 61.8 Å². The van der Waals surface area contributed by atoms with Crippen molar-refractivity contribution in [3.8, 4) is 0 Å². The maximum absolute atomic E-state index is 12.5. The number of ketones is 1. The van der Waals surface area contributed by atoms with Crippen LogP contribution in [0.5, 0.6) is 0 Å². The third-order valence-corrected chi connectivity index (χ3v) is 5.13. The largest absolute Gasteiger partial charge is 0.475 e. The first-order valence-corrected chi connectivity index (χ1v) is 11.1. The summed E-state index contributed by atoms with van der Waals surface area (Å²) in [6, 6.07) is 0. The second kappa shape index (κ2) is 16.3. The fraction of sp³-hybridized carbons (Fsp3) is 0.944. The summed E-state index contributed by atoms with van der Waals surface area (Å²) in [6.45, 7) is 6.69. The number of unbranched alkanes of at least 4 members (excludes halogenated alkanes) is 7.